The molecule has 2 saturated heterocycles. The normalized spacial score (nSPS) is 29.1. The topological polar surface area (TPSA) is 280 Å². The van der Waals surface area contributed by atoms with Crippen LogP contribution in [0.15, 0.2) is 64.3 Å². The van der Waals surface area contributed by atoms with Gasteiger partial charge in [-0.3, -0.25) is 36.9 Å². The summed E-state index contributed by atoms with van der Waals surface area (Å²) < 4.78 is 84.2. The summed E-state index contributed by atoms with van der Waals surface area (Å²) in [6, 6.07) is 13.8. The molecular formula is C26H28N2O17P4S-4. The molecule has 3 aromatic rings. The van der Waals surface area contributed by atoms with E-state index in [4.69, 9.17) is 14.2 Å². The number of aromatic amines is 1. The van der Waals surface area contributed by atoms with Gasteiger partial charge >= 0.3 is 5.69 Å². The van der Waals surface area contributed by atoms with E-state index in [0.29, 0.717) is 31.2 Å². The first-order chi connectivity index (χ1) is 23.5. The van der Waals surface area contributed by atoms with Crippen molar-refractivity contribution in [3.05, 3.63) is 81.1 Å². The van der Waals surface area contributed by atoms with E-state index >= 15 is 0 Å². The Labute approximate surface area is 286 Å². The van der Waals surface area contributed by atoms with Crippen molar-refractivity contribution in [2.45, 2.75) is 68.2 Å². The first kappa shape index (κ1) is 38.0. The van der Waals surface area contributed by atoms with Crippen LogP contribution in [0.5, 0.6) is 0 Å². The molecule has 3 aliphatic rings. The van der Waals surface area contributed by atoms with Crippen LogP contribution >= 0.6 is 41.6 Å². The van der Waals surface area contributed by atoms with Crippen molar-refractivity contribution in [2.75, 3.05) is 6.61 Å². The Hall–Kier alpha value is -1.79. The highest BCUT2D eigenvalue weighted by Crippen LogP contribution is 2.70. The molecule has 2 aliphatic heterocycles. The average Bonchev–Trinajstić information content (AvgIpc) is 3.58. The number of H-pyrrole nitrogens is 1. The molecule has 0 bridgehead atoms. The summed E-state index contributed by atoms with van der Waals surface area (Å²) in [6.45, 7) is -6.26. The molecule has 6 rings (SSSR count). The van der Waals surface area contributed by atoms with E-state index in [1.807, 2.05) is 30.3 Å². The van der Waals surface area contributed by atoms with Crippen molar-refractivity contribution in [1.29, 1.82) is 0 Å². The third-order valence-electron chi connectivity index (χ3n) is 7.85. The van der Waals surface area contributed by atoms with Crippen molar-refractivity contribution >= 4 is 52.4 Å². The molecule has 274 valence electrons. The van der Waals surface area contributed by atoms with Gasteiger partial charge in [0.15, 0.2) is 19.3 Å². The number of nitrogens with one attached hydrogen (secondary N) is 1. The Kier molecular flexibility index (Phi) is 11.3. The minimum Gasteiger partial charge on any atom is -0.770 e. The van der Waals surface area contributed by atoms with Crippen molar-refractivity contribution in [3.8, 4) is 0 Å². The van der Waals surface area contributed by atoms with Gasteiger partial charge in [0, 0.05) is 23.1 Å². The zero-order valence-corrected chi connectivity index (χ0v) is 29.9. The van der Waals surface area contributed by atoms with Gasteiger partial charge in [-0.05, 0) is 29.7 Å². The Balaban J connectivity index is 1.13. The summed E-state index contributed by atoms with van der Waals surface area (Å²) in [5.74, 6) is 0. The zero-order valence-electron chi connectivity index (χ0n) is 25.5. The monoisotopic (exact) mass is 796 g/mol. The molecule has 3 fully saturated rings. The van der Waals surface area contributed by atoms with Gasteiger partial charge in [0.1, 0.15) is 18.3 Å². The maximum absolute atomic E-state index is 12.6. The number of ether oxygens (including phenoxy) is 3. The van der Waals surface area contributed by atoms with Crippen LogP contribution in [-0.2, 0) is 49.9 Å². The molecule has 1 N–H and O–H groups in total. The SMILES string of the molecule is O=c1ccn([C@@H]2O[C@H](COP(=O)([O-])OP(=O)([O-])OP(=O)([O-])OP(=O)([O-])SC3CCCCC3)C3OC(c4ccc5ccccc5c4)O[C@@H]32)c(=O)[nH]1. The maximum atomic E-state index is 12.6. The molecule has 0 spiro atoms. The fourth-order valence-corrected chi connectivity index (χ4v) is 13.9. The molecule has 19 nitrogen and oxygen atoms in total. The summed E-state index contributed by atoms with van der Waals surface area (Å²) in [6.07, 6.45) is -1.67. The molecule has 1 aromatic heterocycles. The molecule has 3 heterocycles. The van der Waals surface area contributed by atoms with Crippen molar-refractivity contribution in [1.82, 2.24) is 9.55 Å². The Bertz CT molecular complexity index is 2040. The second-order valence-corrected chi connectivity index (χ2v) is 20.1. The largest absolute Gasteiger partial charge is 0.770 e. The number of hydrogen-bond donors (Lipinski definition) is 1. The lowest BCUT2D eigenvalue weighted by Crippen LogP contribution is -2.36. The molecule has 0 amide bonds. The minimum atomic E-state index is -6.39. The van der Waals surface area contributed by atoms with Gasteiger partial charge in [0.25, 0.3) is 29.0 Å². The van der Waals surface area contributed by atoms with Crippen LogP contribution in [-0.4, -0.2) is 39.7 Å². The number of benzene rings is 2. The lowest BCUT2D eigenvalue weighted by molar-refractivity contribution is -0.251. The van der Waals surface area contributed by atoms with Crippen molar-refractivity contribution in [3.63, 3.8) is 0 Å². The summed E-state index contributed by atoms with van der Waals surface area (Å²) in [5.41, 5.74) is -1.05. The second kappa shape index (κ2) is 14.9. The summed E-state index contributed by atoms with van der Waals surface area (Å²) in [7, 11) is -18.6. The lowest BCUT2D eigenvalue weighted by atomic mass is 10.0. The van der Waals surface area contributed by atoms with Gasteiger partial charge < -0.3 is 38.3 Å². The lowest BCUT2D eigenvalue weighted by Gasteiger charge is -2.37. The Morgan fingerprint density at radius 3 is 2.18 bits per heavy atom. The predicted molar refractivity (Wildman–Crippen MR) is 166 cm³/mol. The number of phosphoric ester groups is 1. The first-order valence-electron chi connectivity index (χ1n) is 15.0. The smallest absolute Gasteiger partial charge is 0.330 e. The molecule has 9 atom stereocenters. The van der Waals surface area contributed by atoms with Crippen molar-refractivity contribution in [2.24, 2.45) is 0 Å². The fourth-order valence-electron chi connectivity index (χ4n) is 5.79. The summed E-state index contributed by atoms with van der Waals surface area (Å²) in [5, 5.41) is 1.28. The zero-order chi connectivity index (χ0) is 35.9. The summed E-state index contributed by atoms with van der Waals surface area (Å²) >= 11 is 0.195. The quantitative estimate of drug-likeness (QED) is 0.242. The third-order valence-corrected chi connectivity index (χ3v) is 16.4. The fraction of sp³-hybridized carbons (Fsp3) is 0.462. The molecule has 6 unspecified atom stereocenters. The van der Waals surface area contributed by atoms with E-state index in [9.17, 15) is 47.4 Å². The Morgan fingerprint density at radius 2 is 1.46 bits per heavy atom. The highest BCUT2D eigenvalue weighted by Gasteiger charge is 2.54. The number of nitrogens with zero attached hydrogens (tertiary/aromatic N) is 1. The second-order valence-electron chi connectivity index (χ2n) is 11.4. The number of rotatable bonds is 13. The van der Waals surface area contributed by atoms with E-state index in [0.717, 1.165) is 34.0 Å². The summed E-state index contributed by atoms with van der Waals surface area (Å²) in [4.78, 5) is 75.5. The van der Waals surface area contributed by atoms with Crippen LogP contribution in [0, 0.1) is 0 Å². The van der Waals surface area contributed by atoms with E-state index in [2.05, 4.69) is 22.4 Å². The molecule has 1 saturated carbocycles. The molecule has 0 radical (unpaired) electrons. The van der Waals surface area contributed by atoms with Gasteiger partial charge in [-0.1, -0.05) is 67.0 Å². The van der Waals surface area contributed by atoms with Crippen LogP contribution in [0.2, 0.25) is 0 Å². The van der Waals surface area contributed by atoms with Gasteiger partial charge in [-0.15, -0.1) is 0 Å². The average molecular weight is 796 g/mol. The van der Waals surface area contributed by atoms with Crippen LogP contribution < -0.4 is 30.8 Å². The molecule has 2 aromatic carbocycles. The van der Waals surface area contributed by atoms with Crippen LogP contribution in [0.3, 0.4) is 0 Å². The predicted octanol–water partition coefficient (Wildman–Crippen LogP) is 2.08. The molecule has 50 heavy (non-hydrogen) atoms. The minimum absolute atomic E-state index is 0.195. The molecule has 1 aliphatic carbocycles. The highest BCUT2D eigenvalue weighted by molar-refractivity contribution is 8.55. The first-order valence-corrected chi connectivity index (χ1v) is 22.4. The number of phosphoric acid groups is 3. The standard InChI is InChI=1S/C26H32N2O17P4S/c29-21-12-13-28(26(30)27-21)24-23-22(41-25(42-23)18-11-10-16-6-4-5-7-17(16)14-18)20(40-24)15-39-46(31,32)43-47(33,34)44-48(35,36)45-49(37,38)50-19-8-2-1-3-9-19/h4-7,10-14,19-20,22-25H,1-3,8-9,15H2,(H,31,32)(H,33,34)(H,35,36)(H,37,38)(H,27,29,30)/p-4/t20-,22?,23+,24-,25?/m1/s1. The molecule has 24 heteroatoms. The third kappa shape index (κ3) is 9.41. The van der Waals surface area contributed by atoms with E-state index in [1.165, 1.54) is 0 Å². The van der Waals surface area contributed by atoms with Gasteiger partial charge in [-0.2, -0.15) is 0 Å². The highest BCUT2D eigenvalue weighted by atomic mass is 32.7. The number of hydrogen-bond acceptors (Lipinski definition) is 18. The van der Waals surface area contributed by atoms with Crippen LogP contribution in [0.1, 0.15) is 50.2 Å². The van der Waals surface area contributed by atoms with Crippen LogP contribution in [0.25, 0.3) is 10.8 Å². The maximum Gasteiger partial charge on any atom is 0.330 e. The van der Waals surface area contributed by atoms with E-state index < -0.39 is 84.2 Å². The molecular weight excluding hydrogens is 768 g/mol. The Morgan fingerprint density at radius 1 is 0.800 bits per heavy atom. The van der Waals surface area contributed by atoms with E-state index in [-0.39, 0.29) is 11.4 Å². The van der Waals surface area contributed by atoms with E-state index in [1.54, 1.807) is 12.1 Å². The van der Waals surface area contributed by atoms with Crippen molar-refractivity contribution < 1.29 is 69.5 Å². The number of aromatic nitrogens is 2. The van der Waals surface area contributed by atoms with Gasteiger partial charge in [0.2, 0.25) is 0 Å². The van der Waals surface area contributed by atoms with Gasteiger partial charge in [0.05, 0.1) is 6.61 Å². The number of fused-ring (bicyclic) bond motifs is 2. The van der Waals surface area contributed by atoms with Crippen LogP contribution in [0.4, 0.5) is 0 Å². The van der Waals surface area contributed by atoms with Gasteiger partial charge in [-0.25, -0.2) is 13.4 Å².